The van der Waals surface area contributed by atoms with Crippen molar-refractivity contribution in [2.24, 2.45) is 0 Å². The second-order valence-electron chi connectivity index (χ2n) is 4.90. The largest absolute Gasteiger partial charge is 0.394 e. The van der Waals surface area contributed by atoms with Gasteiger partial charge in [0.05, 0.1) is 24.7 Å². The number of nitrogens with one attached hydrogen (secondary N) is 1. The molecule has 0 heterocycles. The van der Waals surface area contributed by atoms with Crippen molar-refractivity contribution in [3.05, 3.63) is 35.6 Å². The van der Waals surface area contributed by atoms with Gasteiger partial charge in [-0.05, 0) is 30.5 Å². The number of halogens is 1. The van der Waals surface area contributed by atoms with E-state index in [1.54, 1.807) is 12.1 Å². The van der Waals surface area contributed by atoms with Gasteiger partial charge < -0.3 is 15.2 Å². The van der Waals surface area contributed by atoms with Crippen LogP contribution in [0.1, 0.15) is 18.4 Å². The van der Waals surface area contributed by atoms with Crippen molar-refractivity contribution >= 4 is 5.91 Å². The van der Waals surface area contributed by atoms with Gasteiger partial charge in [0.15, 0.2) is 0 Å². The first-order valence-electron chi connectivity index (χ1n) is 6.29. The number of ether oxygens (including phenoxy) is 1. The Labute approximate surface area is 111 Å². The molecule has 1 amide bonds. The molecule has 2 rings (SSSR count). The number of carbonyl (C=O) groups is 1. The summed E-state index contributed by atoms with van der Waals surface area (Å²) >= 11 is 0. The number of rotatable bonds is 6. The SMILES string of the molecule is COCC(CO)NC(=O)C1(c2ccc(F)cc2)CC1. The molecule has 1 unspecified atom stereocenters. The predicted molar refractivity (Wildman–Crippen MR) is 68.2 cm³/mol. The fourth-order valence-electron chi connectivity index (χ4n) is 2.21. The highest BCUT2D eigenvalue weighted by atomic mass is 19.1. The van der Waals surface area contributed by atoms with Gasteiger partial charge in [0.2, 0.25) is 5.91 Å². The van der Waals surface area contributed by atoms with Gasteiger partial charge in [-0.1, -0.05) is 12.1 Å². The number of amides is 1. The average Bonchev–Trinajstić information content (AvgIpc) is 3.20. The highest BCUT2D eigenvalue weighted by Gasteiger charge is 2.51. The molecule has 0 spiro atoms. The van der Waals surface area contributed by atoms with E-state index in [0.717, 1.165) is 18.4 Å². The van der Waals surface area contributed by atoms with Crippen LogP contribution in [0, 0.1) is 5.82 Å². The lowest BCUT2D eigenvalue weighted by molar-refractivity contribution is -0.125. The van der Waals surface area contributed by atoms with Crippen LogP contribution in [0.4, 0.5) is 4.39 Å². The van der Waals surface area contributed by atoms with Crippen molar-refractivity contribution in [1.82, 2.24) is 5.32 Å². The van der Waals surface area contributed by atoms with Gasteiger partial charge in [0, 0.05) is 7.11 Å². The minimum atomic E-state index is -0.561. The van der Waals surface area contributed by atoms with Crippen LogP contribution >= 0.6 is 0 Å². The number of aliphatic hydroxyl groups excluding tert-OH is 1. The monoisotopic (exact) mass is 267 g/mol. The molecular weight excluding hydrogens is 249 g/mol. The third-order valence-corrected chi connectivity index (χ3v) is 3.50. The van der Waals surface area contributed by atoms with E-state index in [-0.39, 0.29) is 24.9 Å². The Morgan fingerprint density at radius 3 is 2.58 bits per heavy atom. The average molecular weight is 267 g/mol. The summed E-state index contributed by atoms with van der Waals surface area (Å²) in [6, 6.07) is 5.61. The molecule has 0 aromatic heterocycles. The number of hydrogen-bond acceptors (Lipinski definition) is 3. The molecule has 19 heavy (non-hydrogen) atoms. The molecule has 1 aliphatic rings. The lowest BCUT2D eigenvalue weighted by Gasteiger charge is -2.20. The van der Waals surface area contributed by atoms with Crippen LogP contribution in [0.3, 0.4) is 0 Å². The number of hydrogen-bond donors (Lipinski definition) is 2. The number of benzene rings is 1. The van der Waals surface area contributed by atoms with E-state index in [1.807, 2.05) is 0 Å². The maximum absolute atomic E-state index is 12.9. The van der Waals surface area contributed by atoms with Crippen molar-refractivity contribution in [2.45, 2.75) is 24.3 Å². The molecule has 1 fully saturated rings. The highest BCUT2D eigenvalue weighted by Crippen LogP contribution is 2.48. The Morgan fingerprint density at radius 1 is 1.47 bits per heavy atom. The van der Waals surface area contributed by atoms with Crippen LogP contribution in [0.2, 0.25) is 0 Å². The highest BCUT2D eigenvalue weighted by molar-refractivity contribution is 5.91. The van der Waals surface area contributed by atoms with Crippen molar-refractivity contribution in [3.8, 4) is 0 Å². The maximum Gasteiger partial charge on any atom is 0.231 e. The summed E-state index contributed by atoms with van der Waals surface area (Å²) in [6.45, 7) is 0.0980. The second-order valence-corrected chi connectivity index (χ2v) is 4.90. The Kier molecular flexibility index (Phi) is 4.17. The first kappa shape index (κ1) is 14.0. The van der Waals surface area contributed by atoms with E-state index in [1.165, 1.54) is 19.2 Å². The van der Waals surface area contributed by atoms with Gasteiger partial charge in [-0.25, -0.2) is 4.39 Å². The lowest BCUT2D eigenvalue weighted by atomic mass is 9.94. The third-order valence-electron chi connectivity index (χ3n) is 3.50. The topological polar surface area (TPSA) is 58.6 Å². The maximum atomic E-state index is 12.9. The van der Waals surface area contributed by atoms with Crippen molar-refractivity contribution in [3.63, 3.8) is 0 Å². The Bertz CT molecular complexity index is 443. The fourth-order valence-corrected chi connectivity index (χ4v) is 2.21. The summed E-state index contributed by atoms with van der Waals surface area (Å²) in [5, 5.41) is 11.9. The zero-order valence-corrected chi connectivity index (χ0v) is 10.9. The Hall–Kier alpha value is -1.46. The molecular formula is C14H18FNO3. The van der Waals surface area contributed by atoms with E-state index < -0.39 is 11.5 Å². The van der Waals surface area contributed by atoms with E-state index in [9.17, 15) is 9.18 Å². The molecule has 1 aromatic rings. The summed E-state index contributed by atoms with van der Waals surface area (Å²) in [6.07, 6.45) is 1.49. The van der Waals surface area contributed by atoms with Crippen LogP contribution in [-0.4, -0.2) is 37.4 Å². The molecule has 1 aliphatic carbocycles. The normalized spacial score (nSPS) is 17.8. The molecule has 0 radical (unpaired) electrons. The quantitative estimate of drug-likeness (QED) is 0.808. The number of aliphatic hydroxyl groups is 1. The summed E-state index contributed by atoms with van der Waals surface area (Å²) in [5.41, 5.74) is 0.259. The number of carbonyl (C=O) groups excluding carboxylic acids is 1. The molecule has 4 nitrogen and oxygen atoms in total. The molecule has 1 saturated carbocycles. The van der Waals surface area contributed by atoms with Gasteiger partial charge in [0.25, 0.3) is 0 Å². The second kappa shape index (κ2) is 5.67. The van der Waals surface area contributed by atoms with Crippen LogP contribution in [0.5, 0.6) is 0 Å². The van der Waals surface area contributed by atoms with Crippen molar-refractivity contribution in [2.75, 3.05) is 20.3 Å². The van der Waals surface area contributed by atoms with E-state index in [2.05, 4.69) is 5.32 Å². The molecule has 104 valence electrons. The van der Waals surface area contributed by atoms with Gasteiger partial charge in [0.1, 0.15) is 5.82 Å². The van der Waals surface area contributed by atoms with Gasteiger partial charge >= 0.3 is 0 Å². The minimum Gasteiger partial charge on any atom is -0.394 e. The van der Waals surface area contributed by atoms with E-state index in [4.69, 9.17) is 9.84 Å². The molecule has 5 heteroatoms. The van der Waals surface area contributed by atoms with Gasteiger partial charge in [-0.3, -0.25) is 4.79 Å². The first-order chi connectivity index (χ1) is 9.12. The van der Waals surface area contributed by atoms with E-state index in [0.29, 0.717) is 0 Å². The minimum absolute atomic E-state index is 0.129. The van der Waals surface area contributed by atoms with Gasteiger partial charge in [-0.2, -0.15) is 0 Å². The molecule has 0 saturated heterocycles. The van der Waals surface area contributed by atoms with Crippen LogP contribution in [0.15, 0.2) is 24.3 Å². The Morgan fingerprint density at radius 2 is 2.11 bits per heavy atom. The fraction of sp³-hybridized carbons (Fsp3) is 0.500. The van der Waals surface area contributed by atoms with Gasteiger partial charge in [-0.15, -0.1) is 0 Å². The zero-order chi connectivity index (χ0) is 13.9. The van der Waals surface area contributed by atoms with Crippen LogP contribution in [0.25, 0.3) is 0 Å². The first-order valence-corrected chi connectivity index (χ1v) is 6.29. The van der Waals surface area contributed by atoms with Crippen molar-refractivity contribution in [1.29, 1.82) is 0 Å². The molecule has 1 atom stereocenters. The third kappa shape index (κ3) is 2.93. The van der Waals surface area contributed by atoms with Crippen LogP contribution in [-0.2, 0) is 14.9 Å². The predicted octanol–water partition coefficient (Wildman–Crippen LogP) is 0.981. The zero-order valence-electron chi connectivity index (χ0n) is 10.9. The summed E-state index contributed by atoms with van der Waals surface area (Å²) in [7, 11) is 1.52. The summed E-state index contributed by atoms with van der Waals surface area (Å²) in [4.78, 5) is 12.3. The molecule has 2 N–H and O–H groups in total. The summed E-state index contributed by atoms with van der Waals surface area (Å²) < 4.78 is 17.8. The van der Waals surface area contributed by atoms with Crippen molar-refractivity contribution < 1.29 is 19.0 Å². The molecule has 1 aromatic carbocycles. The summed E-state index contributed by atoms with van der Waals surface area (Å²) in [5.74, 6) is -0.442. The molecule has 0 bridgehead atoms. The molecule has 0 aliphatic heterocycles. The standard InChI is InChI=1S/C14H18FNO3/c1-19-9-12(8-17)16-13(18)14(6-7-14)10-2-4-11(15)5-3-10/h2-5,12,17H,6-9H2,1H3,(H,16,18). The lowest BCUT2D eigenvalue weighted by Crippen LogP contribution is -2.45. The Balaban J connectivity index is 2.07. The number of methoxy groups -OCH3 is 1. The van der Waals surface area contributed by atoms with E-state index >= 15 is 0 Å². The smallest absolute Gasteiger partial charge is 0.231 e. The van der Waals surface area contributed by atoms with Crippen LogP contribution < -0.4 is 5.32 Å².